The normalized spacial score (nSPS) is 15.9. The summed E-state index contributed by atoms with van der Waals surface area (Å²) in [5.41, 5.74) is 5.75. The Morgan fingerprint density at radius 2 is 1.08 bits per heavy atom. The SMILES string of the molecule is CC1=C(C)C(C)=C(C)[CH]1.[F][Ti]([F])[F]. The molecule has 0 aromatic carbocycles. The molecule has 0 unspecified atom stereocenters. The van der Waals surface area contributed by atoms with Crippen LogP contribution in [0.3, 0.4) is 0 Å². The molecule has 1 aliphatic rings. The Kier molecular flexibility index (Phi) is 5.65. The molecule has 13 heavy (non-hydrogen) atoms. The standard InChI is InChI=1S/C9H13.3FH.Ti/c1-6-5-7(2)9(4)8(6)3;;;;/h5H,1-4H3;3*1H;/q;;;;+3/p-3. The zero-order valence-corrected chi connectivity index (χ0v) is 9.77. The zero-order chi connectivity index (χ0) is 10.6. The zero-order valence-electron chi connectivity index (χ0n) is 8.21. The van der Waals surface area contributed by atoms with Gasteiger partial charge in [-0.3, -0.25) is 0 Å². The summed E-state index contributed by atoms with van der Waals surface area (Å²) in [6.45, 7) is 8.68. The molecule has 0 amide bonds. The molecule has 0 aromatic heterocycles. The predicted molar refractivity (Wildman–Crippen MR) is 44.4 cm³/mol. The Bertz CT molecular complexity index is 216. The van der Waals surface area contributed by atoms with Crippen LogP contribution >= 0.6 is 0 Å². The summed E-state index contributed by atoms with van der Waals surface area (Å²) in [5.74, 6) is 0. The van der Waals surface area contributed by atoms with Gasteiger partial charge in [-0.15, -0.1) is 0 Å². The number of rotatable bonds is 0. The van der Waals surface area contributed by atoms with Crippen LogP contribution in [0, 0.1) is 6.42 Å². The van der Waals surface area contributed by atoms with Crippen molar-refractivity contribution in [1.82, 2.24) is 0 Å². The quantitative estimate of drug-likeness (QED) is 0.544. The monoisotopic (exact) mass is 226 g/mol. The van der Waals surface area contributed by atoms with Gasteiger partial charge in [-0.25, -0.2) is 0 Å². The van der Waals surface area contributed by atoms with Gasteiger partial charge in [0.25, 0.3) is 0 Å². The van der Waals surface area contributed by atoms with Crippen molar-refractivity contribution < 1.29 is 28.8 Å². The van der Waals surface area contributed by atoms with E-state index in [4.69, 9.17) is 0 Å². The number of hydrogen-bond acceptors (Lipinski definition) is 0. The van der Waals surface area contributed by atoms with Gasteiger partial charge in [-0.2, -0.15) is 0 Å². The van der Waals surface area contributed by atoms with Gasteiger partial charge < -0.3 is 0 Å². The van der Waals surface area contributed by atoms with Crippen molar-refractivity contribution in [2.24, 2.45) is 0 Å². The Hall–Kier alpha value is -0.0157. The molecule has 0 nitrogen and oxygen atoms in total. The molecular weight excluding hydrogens is 213 g/mol. The van der Waals surface area contributed by atoms with Crippen LogP contribution in [0.5, 0.6) is 0 Å². The molecule has 0 fully saturated rings. The minimum absolute atomic E-state index is 1.42. The molecular formula is C9H13F3Ti. The molecule has 0 N–H and O–H groups in total. The van der Waals surface area contributed by atoms with Crippen LogP contribution in [-0.2, 0) is 19.5 Å². The summed E-state index contributed by atoms with van der Waals surface area (Å²) in [6.07, 6.45) is 2.24. The van der Waals surface area contributed by atoms with E-state index in [9.17, 15) is 9.28 Å². The van der Waals surface area contributed by atoms with Crippen LogP contribution in [0.25, 0.3) is 0 Å². The van der Waals surface area contributed by atoms with Crippen molar-refractivity contribution in [3.63, 3.8) is 0 Å². The van der Waals surface area contributed by atoms with E-state index in [-0.39, 0.29) is 0 Å². The summed E-state index contributed by atoms with van der Waals surface area (Å²) in [4.78, 5) is 0. The average Bonchev–Trinajstić information content (AvgIpc) is 2.17. The van der Waals surface area contributed by atoms with Crippen LogP contribution < -0.4 is 0 Å². The third-order valence-corrected chi connectivity index (χ3v) is 2.18. The fourth-order valence-corrected chi connectivity index (χ4v) is 1.13. The Balaban J connectivity index is 0.000000310. The molecule has 0 saturated carbocycles. The van der Waals surface area contributed by atoms with Gasteiger partial charge in [0.05, 0.1) is 0 Å². The van der Waals surface area contributed by atoms with Gasteiger partial charge >= 0.3 is 28.8 Å². The van der Waals surface area contributed by atoms with E-state index in [2.05, 4.69) is 34.1 Å². The van der Waals surface area contributed by atoms with Crippen molar-refractivity contribution in [1.29, 1.82) is 0 Å². The van der Waals surface area contributed by atoms with Gasteiger partial charge in [0, 0.05) is 6.42 Å². The Labute approximate surface area is 85.4 Å². The van der Waals surface area contributed by atoms with Gasteiger partial charge in [0.2, 0.25) is 0 Å². The van der Waals surface area contributed by atoms with E-state index in [0.29, 0.717) is 0 Å². The predicted octanol–water partition coefficient (Wildman–Crippen LogP) is 4.14. The van der Waals surface area contributed by atoms with Gasteiger partial charge in [0.15, 0.2) is 0 Å². The Morgan fingerprint density at radius 1 is 0.846 bits per heavy atom. The van der Waals surface area contributed by atoms with Crippen molar-refractivity contribution in [2.75, 3.05) is 0 Å². The third kappa shape index (κ3) is 4.68. The minimum atomic E-state index is -4.83. The van der Waals surface area contributed by atoms with Gasteiger partial charge in [-0.1, -0.05) is 11.1 Å². The van der Waals surface area contributed by atoms with E-state index < -0.39 is 19.5 Å². The first kappa shape index (κ1) is 13.0. The van der Waals surface area contributed by atoms with Gasteiger partial charge in [0.1, 0.15) is 0 Å². The molecule has 0 heterocycles. The van der Waals surface area contributed by atoms with Crippen molar-refractivity contribution in [3.8, 4) is 0 Å². The number of hydrogen-bond donors (Lipinski definition) is 0. The van der Waals surface area contributed by atoms with Crippen LogP contribution in [0.15, 0.2) is 22.3 Å². The molecule has 0 bridgehead atoms. The average molecular weight is 226 g/mol. The first-order valence-corrected chi connectivity index (χ1v) is 5.66. The van der Waals surface area contributed by atoms with E-state index in [1.165, 1.54) is 22.3 Å². The molecule has 0 saturated heterocycles. The van der Waals surface area contributed by atoms with Crippen LogP contribution in [0.4, 0.5) is 9.28 Å². The van der Waals surface area contributed by atoms with E-state index in [0.717, 1.165) is 0 Å². The van der Waals surface area contributed by atoms with Crippen LogP contribution in [-0.4, -0.2) is 0 Å². The second-order valence-electron chi connectivity index (χ2n) is 2.97. The number of allylic oxidation sites excluding steroid dienone is 4. The summed E-state index contributed by atoms with van der Waals surface area (Å²) in [6, 6.07) is 0. The molecule has 0 spiro atoms. The fourth-order valence-electron chi connectivity index (χ4n) is 1.13. The summed E-state index contributed by atoms with van der Waals surface area (Å²) in [7, 11) is 0. The summed E-state index contributed by atoms with van der Waals surface area (Å²) < 4.78 is 29.5. The Morgan fingerprint density at radius 3 is 1.15 bits per heavy atom. The molecule has 0 aliphatic heterocycles. The first-order valence-electron chi connectivity index (χ1n) is 3.89. The molecule has 4 heteroatoms. The molecule has 0 aromatic rings. The first-order chi connectivity index (χ1) is 5.86. The molecule has 0 atom stereocenters. The molecule has 1 rings (SSSR count). The van der Waals surface area contributed by atoms with Crippen molar-refractivity contribution in [3.05, 3.63) is 28.7 Å². The summed E-state index contributed by atoms with van der Waals surface area (Å²) >= 11 is -4.83. The second-order valence-corrected chi connectivity index (χ2v) is 3.64. The molecule has 1 radical (unpaired) electrons. The van der Waals surface area contributed by atoms with Crippen molar-refractivity contribution in [2.45, 2.75) is 27.7 Å². The maximum absolute atomic E-state index is 9.83. The van der Waals surface area contributed by atoms with Crippen molar-refractivity contribution >= 4 is 0 Å². The van der Waals surface area contributed by atoms with E-state index >= 15 is 0 Å². The van der Waals surface area contributed by atoms with Crippen LogP contribution in [0.2, 0.25) is 0 Å². The topological polar surface area (TPSA) is 0 Å². The maximum atomic E-state index is 9.83. The molecule has 1 aliphatic carbocycles. The molecule has 74 valence electrons. The second kappa shape index (κ2) is 5.66. The van der Waals surface area contributed by atoms with E-state index in [1.807, 2.05) is 0 Å². The fraction of sp³-hybridized carbons (Fsp3) is 0.444. The number of halogens is 3. The summed E-state index contributed by atoms with van der Waals surface area (Å²) in [5, 5.41) is 0. The van der Waals surface area contributed by atoms with E-state index in [1.54, 1.807) is 0 Å². The van der Waals surface area contributed by atoms with Gasteiger partial charge in [-0.05, 0) is 38.8 Å². The van der Waals surface area contributed by atoms with Crippen LogP contribution in [0.1, 0.15) is 27.7 Å². The third-order valence-electron chi connectivity index (χ3n) is 2.18.